The minimum Gasteiger partial charge on any atom is -0.490 e. The summed E-state index contributed by atoms with van der Waals surface area (Å²) < 4.78 is 11.0. The zero-order chi connectivity index (χ0) is 13.5. The van der Waals surface area contributed by atoms with E-state index in [1.807, 2.05) is 38.3 Å². The van der Waals surface area contributed by atoms with Crippen LogP contribution in [0.5, 0.6) is 5.75 Å². The summed E-state index contributed by atoms with van der Waals surface area (Å²) in [5.41, 5.74) is 6.26. The van der Waals surface area contributed by atoms with Gasteiger partial charge >= 0.3 is 0 Å². The van der Waals surface area contributed by atoms with Crippen LogP contribution in [0.1, 0.15) is 19.4 Å². The van der Waals surface area contributed by atoms with Gasteiger partial charge in [0, 0.05) is 4.90 Å². The third-order valence-electron chi connectivity index (χ3n) is 2.27. The molecule has 0 heterocycles. The van der Waals surface area contributed by atoms with Gasteiger partial charge in [-0.15, -0.1) is 11.8 Å². The molecule has 3 N–H and O–H groups in total. The summed E-state index contributed by atoms with van der Waals surface area (Å²) in [6.45, 7) is 4.94. The van der Waals surface area contributed by atoms with Gasteiger partial charge in [-0.2, -0.15) is 0 Å². The lowest BCUT2D eigenvalue weighted by Crippen LogP contribution is -2.16. The molecule has 0 saturated carbocycles. The predicted octanol–water partition coefficient (Wildman–Crippen LogP) is 2.50. The lowest BCUT2D eigenvalue weighted by atomic mass is 10.2. The Balaban J connectivity index is 2.72. The molecule has 0 bridgehead atoms. The van der Waals surface area contributed by atoms with Gasteiger partial charge in [0.1, 0.15) is 18.2 Å². The lowest BCUT2D eigenvalue weighted by Gasteiger charge is -2.14. The van der Waals surface area contributed by atoms with Crippen LogP contribution in [0.4, 0.5) is 0 Å². The van der Waals surface area contributed by atoms with Crippen LogP contribution in [-0.4, -0.2) is 31.4 Å². The quantitative estimate of drug-likeness (QED) is 0.345. The molecule has 0 atom stereocenters. The molecule has 0 spiro atoms. The average molecular weight is 268 g/mol. The number of amidine groups is 1. The van der Waals surface area contributed by atoms with Gasteiger partial charge in [-0.05, 0) is 32.2 Å². The number of hydrogen-bond acceptors (Lipinski definition) is 4. The molecule has 0 saturated heterocycles. The molecule has 0 amide bonds. The van der Waals surface area contributed by atoms with Crippen molar-refractivity contribution in [3.8, 4) is 5.75 Å². The molecule has 1 aromatic carbocycles. The summed E-state index contributed by atoms with van der Waals surface area (Å²) in [5.74, 6) is 0.668. The number of benzene rings is 1. The number of nitrogen functional groups attached to an aromatic ring is 1. The van der Waals surface area contributed by atoms with Crippen molar-refractivity contribution in [2.75, 3.05) is 19.5 Å². The van der Waals surface area contributed by atoms with Crippen LogP contribution in [0, 0.1) is 5.41 Å². The molecule has 100 valence electrons. The van der Waals surface area contributed by atoms with E-state index in [9.17, 15) is 0 Å². The van der Waals surface area contributed by atoms with E-state index in [0.29, 0.717) is 24.5 Å². The Hall–Kier alpha value is -1.20. The first-order valence-corrected chi connectivity index (χ1v) is 7.04. The van der Waals surface area contributed by atoms with Crippen molar-refractivity contribution < 1.29 is 9.47 Å². The van der Waals surface area contributed by atoms with Gasteiger partial charge in [0.25, 0.3) is 0 Å². The number of thioether (sulfide) groups is 1. The Morgan fingerprint density at radius 3 is 2.67 bits per heavy atom. The monoisotopic (exact) mass is 268 g/mol. The summed E-state index contributed by atoms with van der Waals surface area (Å²) in [5, 5.41) is 7.62. The Labute approximate surface area is 112 Å². The van der Waals surface area contributed by atoms with Crippen molar-refractivity contribution in [1.29, 1.82) is 5.41 Å². The van der Waals surface area contributed by atoms with Gasteiger partial charge in [-0.3, -0.25) is 5.41 Å². The molecule has 0 radical (unpaired) electrons. The Kier molecular flexibility index (Phi) is 6.01. The summed E-state index contributed by atoms with van der Waals surface area (Å²) in [6.07, 6.45) is 2.14. The summed E-state index contributed by atoms with van der Waals surface area (Å²) >= 11 is 1.55. The molecule has 0 aliphatic carbocycles. The normalized spacial score (nSPS) is 10.7. The summed E-state index contributed by atoms with van der Waals surface area (Å²) in [7, 11) is 0. The Morgan fingerprint density at radius 2 is 2.11 bits per heavy atom. The average Bonchev–Trinajstić information content (AvgIpc) is 2.33. The van der Waals surface area contributed by atoms with Crippen LogP contribution in [0.15, 0.2) is 23.1 Å². The van der Waals surface area contributed by atoms with Gasteiger partial charge < -0.3 is 15.2 Å². The van der Waals surface area contributed by atoms with Crippen molar-refractivity contribution in [1.82, 2.24) is 0 Å². The number of nitrogens with one attached hydrogen (secondary N) is 1. The molecule has 0 aliphatic rings. The predicted molar refractivity (Wildman–Crippen MR) is 75.8 cm³/mol. The first-order chi connectivity index (χ1) is 8.56. The second kappa shape index (κ2) is 7.28. The van der Waals surface area contributed by atoms with Crippen LogP contribution < -0.4 is 10.5 Å². The number of rotatable bonds is 7. The SMILES string of the molecule is CSc1cccc(OCCOC(C)C)c1C(=N)N. The molecule has 5 heteroatoms. The number of hydrogen-bond donors (Lipinski definition) is 2. The van der Waals surface area contributed by atoms with Gasteiger partial charge in [-0.1, -0.05) is 6.07 Å². The molecule has 0 unspecified atom stereocenters. The fourth-order valence-electron chi connectivity index (χ4n) is 1.50. The highest BCUT2D eigenvalue weighted by molar-refractivity contribution is 7.98. The molecule has 0 aromatic heterocycles. The zero-order valence-electron chi connectivity index (χ0n) is 11.0. The molecule has 18 heavy (non-hydrogen) atoms. The van der Waals surface area contributed by atoms with E-state index in [1.165, 1.54) is 0 Å². The Morgan fingerprint density at radius 1 is 1.39 bits per heavy atom. The maximum absolute atomic E-state index is 7.62. The van der Waals surface area contributed by atoms with E-state index < -0.39 is 0 Å². The zero-order valence-corrected chi connectivity index (χ0v) is 11.8. The lowest BCUT2D eigenvalue weighted by molar-refractivity contribution is 0.0552. The fourth-order valence-corrected chi connectivity index (χ4v) is 2.13. The van der Waals surface area contributed by atoms with Crippen molar-refractivity contribution in [3.63, 3.8) is 0 Å². The molecular weight excluding hydrogens is 248 g/mol. The van der Waals surface area contributed by atoms with Gasteiger partial charge in [0.05, 0.1) is 18.3 Å². The fraction of sp³-hybridized carbons (Fsp3) is 0.462. The highest BCUT2D eigenvalue weighted by Gasteiger charge is 2.11. The summed E-state index contributed by atoms with van der Waals surface area (Å²) in [4.78, 5) is 0.949. The third kappa shape index (κ3) is 4.23. The molecular formula is C13H20N2O2S. The van der Waals surface area contributed by atoms with Crippen LogP contribution in [-0.2, 0) is 4.74 Å². The first-order valence-electron chi connectivity index (χ1n) is 5.82. The van der Waals surface area contributed by atoms with Crippen molar-refractivity contribution in [2.45, 2.75) is 24.8 Å². The van der Waals surface area contributed by atoms with Gasteiger partial charge in [-0.25, -0.2) is 0 Å². The van der Waals surface area contributed by atoms with Crippen LogP contribution in [0.25, 0.3) is 0 Å². The minimum atomic E-state index is 0.0275. The third-order valence-corrected chi connectivity index (χ3v) is 3.05. The van der Waals surface area contributed by atoms with E-state index in [4.69, 9.17) is 20.6 Å². The number of nitrogens with two attached hydrogens (primary N) is 1. The van der Waals surface area contributed by atoms with Gasteiger partial charge in [0.2, 0.25) is 0 Å². The van der Waals surface area contributed by atoms with Crippen LogP contribution in [0.2, 0.25) is 0 Å². The highest BCUT2D eigenvalue weighted by Crippen LogP contribution is 2.28. The van der Waals surface area contributed by atoms with Crippen molar-refractivity contribution in [3.05, 3.63) is 23.8 Å². The maximum Gasteiger partial charge on any atom is 0.131 e. The highest BCUT2D eigenvalue weighted by atomic mass is 32.2. The maximum atomic E-state index is 7.62. The molecule has 0 fully saturated rings. The standard InChI is InChI=1S/C13H20N2O2S/c1-9(2)16-7-8-17-10-5-4-6-11(18-3)12(10)13(14)15/h4-6,9H,7-8H2,1-3H3,(H3,14,15). The van der Waals surface area contributed by atoms with E-state index in [2.05, 4.69) is 0 Å². The van der Waals surface area contributed by atoms with Crippen LogP contribution >= 0.6 is 11.8 Å². The second-order valence-corrected chi connectivity index (χ2v) is 4.86. The van der Waals surface area contributed by atoms with Gasteiger partial charge in [0.15, 0.2) is 0 Å². The van der Waals surface area contributed by atoms with E-state index in [1.54, 1.807) is 11.8 Å². The Bertz CT molecular complexity index is 408. The smallest absolute Gasteiger partial charge is 0.131 e. The number of ether oxygens (including phenoxy) is 2. The van der Waals surface area contributed by atoms with E-state index in [0.717, 1.165) is 4.90 Å². The first kappa shape index (κ1) is 14.9. The summed E-state index contributed by atoms with van der Waals surface area (Å²) in [6, 6.07) is 5.65. The molecule has 0 aliphatic heterocycles. The largest absolute Gasteiger partial charge is 0.490 e. The topological polar surface area (TPSA) is 68.3 Å². The molecule has 1 rings (SSSR count). The van der Waals surface area contributed by atoms with Crippen LogP contribution in [0.3, 0.4) is 0 Å². The van der Waals surface area contributed by atoms with E-state index in [-0.39, 0.29) is 11.9 Å². The second-order valence-electron chi connectivity index (χ2n) is 4.02. The van der Waals surface area contributed by atoms with E-state index >= 15 is 0 Å². The van der Waals surface area contributed by atoms with Crippen molar-refractivity contribution in [2.24, 2.45) is 5.73 Å². The molecule has 4 nitrogen and oxygen atoms in total. The minimum absolute atomic E-state index is 0.0275. The molecule has 1 aromatic rings. The van der Waals surface area contributed by atoms with Crippen molar-refractivity contribution >= 4 is 17.6 Å².